The fourth-order valence-corrected chi connectivity index (χ4v) is 6.02. The number of methoxy groups -OCH3 is 1. The van der Waals surface area contributed by atoms with Gasteiger partial charge < -0.3 is 34.7 Å². The highest BCUT2D eigenvalue weighted by Crippen LogP contribution is 2.36. The molecule has 45 heavy (non-hydrogen) atoms. The Kier molecular flexibility index (Phi) is 12.1. The fourth-order valence-electron chi connectivity index (χ4n) is 4.38. The van der Waals surface area contributed by atoms with Gasteiger partial charge in [-0.1, -0.05) is 35.9 Å². The number of benzene rings is 3. The number of allylic oxidation sites excluding steroid dienone is 1. The fraction of sp³-hybridized carbons (Fsp3) is 0.258. The standard InChI is InChI=1S/C31H31Br2ClN4O7/c1-4-43-25-13-19(28-27(30(40)42-3)17(2)36-31(41)37-28)9-10-24(25)44-16-26(39)38-35-14-18-11-21(32)29(22(33)12-18)45-15-20-7-5-6-8-23(20)34/h5-14,26,28,38-39H,4,15-16H2,1-3H3,(H2,36,37,41)/b35-14-/t26-,28+/m0/s1. The van der Waals surface area contributed by atoms with Gasteiger partial charge in [-0.25, -0.2) is 9.59 Å². The minimum atomic E-state index is -1.15. The van der Waals surface area contributed by atoms with E-state index in [0.717, 1.165) is 11.1 Å². The molecule has 0 fully saturated rings. The van der Waals surface area contributed by atoms with Crippen molar-refractivity contribution in [3.63, 3.8) is 0 Å². The van der Waals surface area contributed by atoms with E-state index in [0.29, 0.717) is 55.7 Å². The monoisotopic (exact) mass is 764 g/mol. The molecular formula is C31H31Br2ClN4O7. The number of esters is 1. The molecule has 1 aliphatic heterocycles. The molecule has 0 aliphatic carbocycles. The van der Waals surface area contributed by atoms with Gasteiger partial charge in [0.2, 0.25) is 0 Å². The number of hydrogen-bond acceptors (Lipinski definition) is 9. The summed E-state index contributed by atoms with van der Waals surface area (Å²) in [6.07, 6.45) is 0.388. The number of carbonyl (C=O) groups is 2. The maximum absolute atomic E-state index is 12.4. The maximum Gasteiger partial charge on any atom is 0.337 e. The lowest BCUT2D eigenvalue weighted by Crippen LogP contribution is -2.45. The topological polar surface area (TPSA) is 140 Å². The molecule has 0 radical (unpaired) electrons. The lowest BCUT2D eigenvalue weighted by atomic mass is 9.95. The number of nitrogens with one attached hydrogen (secondary N) is 3. The Bertz CT molecular complexity index is 1600. The lowest BCUT2D eigenvalue weighted by molar-refractivity contribution is -0.136. The van der Waals surface area contributed by atoms with Crippen molar-refractivity contribution in [1.29, 1.82) is 0 Å². The predicted octanol–water partition coefficient (Wildman–Crippen LogP) is 5.96. The molecule has 0 spiro atoms. The van der Waals surface area contributed by atoms with Gasteiger partial charge in [-0.15, -0.1) is 0 Å². The number of rotatable bonds is 13. The molecule has 3 aromatic carbocycles. The molecule has 14 heteroatoms. The molecule has 0 bridgehead atoms. The van der Waals surface area contributed by atoms with Crippen LogP contribution in [0, 0.1) is 0 Å². The van der Waals surface area contributed by atoms with Gasteiger partial charge in [-0.2, -0.15) is 5.10 Å². The van der Waals surface area contributed by atoms with Crippen molar-refractivity contribution in [3.8, 4) is 17.2 Å². The molecule has 0 unspecified atom stereocenters. The molecule has 238 valence electrons. The minimum absolute atomic E-state index is 0.157. The van der Waals surface area contributed by atoms with Gasteiger partial charge in [0.05, 0.1) is 40.5 Å². The van der Waals surface area contributed by atoms with Crippen LogP contribution in [-0.4, -0.2) is 49.9 Å². The van der Waals surface area contributed by atoms with Crippen LogP contribution in [0.15, 0.2) is 79.9 Å². The second-order valence-electron chi connectivity index (χ2n) is 9.61. The van der Waals surface area contributed by atoms with Crippen LogP contribution in [0.25, 0.3) is 0 Å². The molecule has 2 amide bonds. The van der Waals surface area contributed by atoms with Crippen LogP contribution >= 0.6 is 43.5 Å². The zero-order valence-corrected chi connectivity index (χ0v) is 28.5. The molecule has 0 aromatic heterocycles. The van der Waals surface area contributed by atoms with E-state index in [4.69, 9.17) is 30.5 Å². The molecule has 4 rings (SSSR count). The van der Waals surface area contributed by atoms with E-state index in [1.165, 1.54) is 7.11 Å². The van der Waals surface area contributed by atoms with Crippen LogP contribution in [0.2, 0.25) is 5.02 Å². The molecule has 4 N–H and O–H groups in total. The number of carbonyl (C=O) groups excluding carboxylic acids is 2. The number of amides is 2. The molecule has 1 aliphatic rings. The molecule has 2 atom stereocenters. The quantitative estimate of drug-likeness (QED) is 0.0724. The second-order valence-corrected chi connectivity index (χ2v) is 11.7. The summed E-state index contributed by atoms with van der Waals surface area (Å²) in [6.45, 7) is 3.91. The largest absolute Gasteiger partial charge is 0.490 e. The van der Waals surface area contributed by atoms with Gasteiger partial charge in [0, 0.05) is 16.3 Å². The first-order chi connectivity index (χ1) is 21.6. The van der Waals surface area contributed by atoms with Crippen molar-refractivity contribution >= 4 is 61.7 Å². The van der Waals surface area contributed by atoms with Crippen LogP contribution in [-0.2, 0) is 16.1 Å². The van der Waals surface area contributed by atoms with E-state index < -0.39 is 24.3 Å². The average molecular weight is 767 g/mol. The Morgan fingerprint density at radius 3 is 2.53 bits per heavy atom. The van der Waals surface area contributed by atoms with Crippen molar-refractivity contribution in [2.75, 3.05) is 20.3 Å². The number of ether oxygens (including phenoxy) is 4. The second kappa shape index (κ2) is 16.0. The van der Waals surface area contributed by atoms with E-state index in [2.05, 4.69) is 53.0 Å². The first-order valence-corrected chi connectivity index (χ1v) is 15.7. The summed E-state index contributed by atoms with van der Waals surface area (Å²) in [4.78, 5) is 24.6. The third kappa shape index (κ3) is 8.91. The molecule has 0 saturated heterocycles. The van der Waals surface area contributed by atoms with Crippen LogP contribution < -0.4 is 30.3 Å². The van der Waals surface area contributed by atoms with Crippen LogP contribution in [0.4, 0.5) is 4.79 Å². The highest BCUT2D eigenvalue weighted by molar-refractivity contribution is 9.11. The highest BCUT2D eigenvalue weighted by atomic mass is 79.9. The van der Waals surface area contributed by atoms with Gasteiger partial charge in [-0.3, -0.25) is 5.43 Å². The normalized spacial score (nSPS) is 15.3. The van der Waals surface area contributed by atoms with Gasteiger partial charge in [-0.05, 0) is 87.2 Å². The first kappa shape index (κ1) is 34.1. The Balaban J connectivity index is 1.37. The number of hydrazone groups is 1. The highest BCUT2D eigenvalue weighted by Gasteiger charge is 2.32. The van der Waals surface area contributed by atoms with Crippen molar-refractivity contribution in [2.24, 2.45) is 5.10 Å². The van der Waals surface area contributed by atoms with Crippen molar-refractivity contribution < 1.29 is 33.6 Å². The van der Waals surface area contributed by atoms with Crippen LogP contribution in [0.3, 0.4) is 0 Å². The summed E-state index contributed by atoms with van der Waals surface area (Å²) in [6, 6.07) is 14.9. The van der Waals surface area contributed by atoms with Crippen molar-refractivity contribution in [2.45, 2.75) is 32.7 Å². The van der Waals surface area contributed by atoms with Crippen LogP contribution in [0.5, 0.6) is 17.2 Å². The summed E-state index contributed by atoms with van der Waals surface area (Å²) >= 11 is 13.3. The Morgan fingerprint density at radius 1 is 1.11 bits per heavy atom. The summed E-state index contributed by atoms with van der Waals surface area (Å²) < 4.78 is 23.8. The van der Waals surface area contributed by atoms with Crippen molar-refractivity contribution in [1.82, 2.24) is 16.1 Å². The van der Waals surface area contributed by atoms with Gasteiger partial charge in [0.25, 0.3) is 0 Å². The number of aliphatic hydroxyl groups is 1. The van der Waals surface area contributed by atoms with E-state index in [1.807, 2.05) is 43.3 Å². The molecule has 11 nitrogen and oxygen atoms in total. The van der Waals surface area contributed by atoms with E-state index in [-0.39, 0.29) is 12.2 Å². The predicted molar refractivity (Wildman–Crippen MR) is 177 cm³/mol. The number of hydrogen-bond donors (Lipinski definition) is 4. The Labute approximate surface area is 282 Å². The van der Waals surface area contributed by atoms with Crippen LogP contribution in [0.1, 0.15) is 36.6 Å². The Morgan fingerprint density at radius 2 is 1.84 bits per heavy atom. The summed E-state index contributed by atoms with van der Waals surface area (Å²) in [7, 11) is 1.27. The summed E-state index contributed by atoms with van der Waals surface area (Å²) in [5.74, 6) is 0.758. The number of urea groups is 1. The zero-order chi connectivity index (χ0) is 32.5. The van der Waals surface area contributed by atoms with E-state index >= 15 is 0 Å². The average Bonchev–Trinajstić information content (AvgIpc) is 3.00. The maximum atomic E-state index is 12.4. The first-order valence-electron chi connectivity index (χ1n) is 13.7. The minimum Gasteiger partial charge on any atom is -0.490 e. The summed E-state index contributed by atoms with van der Waals surface area (Å²) in [5, 5.41) is 20.5. The van der Waals surface area contributed by atoms with Crippen molar-refractivity contribution in [3.05, 3.63) is 96.5 Å². The van der Waals surface area contributed by atoms with E-state index in [1.54, 1.807) is 31.3 Å². The third-order valence-corrected chi connectivity index (χ3v) is 8.01. The molecular weight excluding hydrogens is 736 g/mol. The smallest absolute Gasteiger partial charge is 0.337 e. The number of aliphatic hydroxyl groups excluding tert-OH is 1. The van der Waals surface area contributed by atoms with Gasteiger partial charge in [0.15, 0.2) is 17.7 Å². The van der Waals surface area contributed by atoms with E-state index in [9.17, 15) is 14.7 Å². The van der Waals surface area contributed by atoms with Gasteiger partial charge >= 0.3 is 12.0 Å². The molecule has 3 aromatic rings. The Hall–Kier alpha value is -3.78. The van der Waals surface area contributed by atoms with Gasteiger partial charge in [0.1, 0.15) is 19.0 Å². The SMILES string of the molecule is CCOc1cc([C@H]2NC(=O)NC(C)=C2C(=O)OC)ccc1OC[C@H](O)N/N=C\c1cc(Br)c(OCc2ccccc2Cl)c(Br)c1. The molecule has 1 heterocycles. The number of nitrogens with zero attached hydrogens (tertiary/aromatic N) is 1. The summed E-state index contributed by atoms with van der Waals surface area (Å²) in [5.41, 5.74) is 5.46. The third-order valence-electron chi connectivity index (χ3n) is 6.46. The zero-order valence-electron chi connectivity index (χ0n) is 24.5. The lowest BCUT2D eigenvalue weighted by Gasteiger charge is -2.28. The molecule has 0 saturated carbocycles. The number of halogens is 3.